The van der Waals surface area contributed by atoms with Crippen molar-refractivity contribution >= 4 is 23.4 Å². The molecule has 0 aromatic heterocycles. The summed E-state index contributed by atoms with van der Waals surface area (Å²) in [5.74, 6) is -1.27. The summed E-state index contributed by atoms with van der Waals surface area (Å²) in [7, 11) is 3.13. The van der Waals surface area contributed by atoms with Gasteiger partial charge in [0, 0.05) is 34.0 Å². The Kier molecular flexibility index (Phi) is 7.69. The van der Waals surface area contributed by atoms with E-state index < -0.39 is 17.7 Å². The van der Waals surface area contributed by atoms with Gasteiger partial charge in [-0.2, -0.15) is 0 Å². The number of ketones is 1. The number of methoxy groups -OCH3 is 2. The number of rotatable bonds is 7. The Bertz CT molecular complexity index is 1250. The molecule has 8 heteroatoms. The van der Waals surface area contributed by atoms with Gasteiger partial charge in [-0.3, -0.25) is 4.79 Å². The number of halogens is 2. The van der Waals surface area contributed by atoms with Gasteiger partial charge in [0.1, 0.15) is 5.82 Å². The minimum absolute atomic E-state index is 0.105. The summed E-state index contributed by atoms with van der Waals surface area (Å²) >= 11 is 6.46. The third kappa shape index (κ3) is 4.72. The molecule has 2 aromatic rings. The Balaban J connectivity index is 1.81. The maximum Gasteiger partial charge on any atom is 0.336 e. The van der Waals surface area contributed by atoms with Gasteiger partial charge in [-0.15, -0.1) is 0 Å². The van der Waals surface area contributed by atoms with E-state index in [1.165, 1.54) is 12.1 Å². The third-order valence-electron chi connectivity index (χ3n) is 6.65. The molecule has 2 aliphatic rings. The van der Waals surface area contributed by atoms with Crippen molar-refractivity contribution in [1.82, 2.24) is 5.32 Å². The quantitative estimate of drug-likeness (QED) is 0.471. The summed E-state index contributed by atoms with van der Waals surface area (Å²) in [6.07, 6.45) is 1.32. The maximum absolute atomic E-state index is 15.2. The summed E-state index contributed by atoms with van der Waals surface area (Å²) in [5.41, 5.74) is 2.75. The lowest BCUT2D eigenvalue weighted by Gasteiger charge is -2.37. The van der Waals surface area contributed by atoms with E-state index in [9.17, 15) is 9.59 Å². The normalized spacial score (nSPS) is 19.6. The Labute approximate surface area is 215 Å². The second-order valence-electron chi connectivity index (χ2n) is 8.90. The minimum atomic E-state index is -0.960. The van der Waals surface area contributed by atoms with E-state index in [1.54, 1.807) is 27.2 Å². The van der Waals surface area contributed by atoms with Crippen molar-refractivity contribution in [1.29, 1.82) is 0 Å². The molecule has 1 heterocycles. The van der Waals surface area contributed by atoms with Crippen LogP contribution in [0.5, 0.6) is 11.5 Å². The zero-order chi connectivity index (χ0) is 26.0. The van der Waals surface area contributed by atoms with Crippen LogP contribution in [0.4, 0.5) is 4.39 Å². The van der Waals surface area contributed by atoms with Crippen molar-refractivity contribution in [2.24, 2.45) is 0 Å². The molecule has 0 unspecified atom stereocenters. The molecule has 6 nitrogen and oxygen atoms in total. The first-order chi connectivity index (χ1) is 17.3. The van der Waals surface area contributed by atoms with Crippen molar-refractivity contribution in [3.05, 3.63) is 80.9 Å². The van der Waals surface area contributed by atoms with Crippen LogP contribution >= 0.6 is 11.6 Å². The van der Waals surface area contributed by atoms with Gasteiger partial charge in [-0.1, -0.05) is 30.7 Å². The number of esters is 1. The monoisotopic (exact) mass is 513 g/mol. The highest BCUT2D eigenvalue weighted by molar-refractivity contribution is 6.31. The molecule has 0 amide bonds. The van der Waals surface area contributed by atoms with Gasteiger partial charge in [0.25, 0.3) is 0 Å². The Hall–Kier alpha value is -3.32. The Morgan fingerprint density at radius 2 is 1.89 bits per heavy atom. The number of ether oxygens (including phenoxy) is 3. The van der Waals surface area contributed by atoms with E-state index in [4.69, 9.17) is 25.8 Å². The predicted octanol–water partition coefficient (Wildman–Crippen LogP) is 5.81. The molecule has 0 fully saturated rings. The number of carbonyl (C=O) groups is 2. The number of benzene rings is 2. The van der Waals surface area contributed by atoms with Crippen LogP contribution in [0.15, 0.2) is 58.9 Å². The Morgan fingerprint density at radius 3 is 2.56 bits per heavy atom. The topological polar surface area (TPSA) is 73.9 Å². The first-order valence-electron chi connectivity index (χ1n) is 11.9. The van der Waals surface area contributed by atoms with Crippen LogP contribution in [0.3, 0.4) is 0 Å². The van der Waals surface area contributed by atoms with Gasteiger partial charge in [-0.25, -0.2) is 9.18 Å². The van der Waals surface area contributed by atoms with Crippen molar-refractivity contribution in [3.8, 4) is 11.5 Å². The van der Waals surface area contributed by atoms with Gasteiger partial charge >= 0.3 is 5.97 Å². The fourth-order valence-corrected chi connectivity index (χ4v) is 5.27. The van der Waals surface area contributed by atoms with Gasteiger partial charge in [-0.05, 0) is 55.5 Å². The molecular formula is C28H29ClFNO5. The standard InChI is InChI=1S/C28H29ClFNO5/c1-5-11-36-28(33)24-15(2)31-20-12-17(16-9-10-22(34-3)23(14-16)35-4)13-21(32)26(20)27(24)25-18(29)7-6-8-19(25)30/h6-10,14,17,27,31H,5,11-13H2,1-4H3/t17-,27-/m1/s1. The van der Waals surface area contributed by atoms with E-state index in [0.29, 0.717) is 41.3 Å². The summed E-state index contributed by atoms with van der Waals surface area (Å²) < 4.78 is 31.4. The molecule has 0 bridgehead atoms. The molecule has 4 rings (SSSR count). The van der Waals surface area contributed by atoms with Crippen LogP contribution in [0.25, 0.3) is 0 Å². The number of dihydropyridines is 1. The molecule has 2 aromatic carbocycles. The van der Waals surface area contributed by atoms with Crippen LogP contribution in [0.1, 0.15) is 56.1 Å². The molecule has 0 spiro atoms. The van der Waals surface area contributed by atoms with Gasteiger partial charge < -0.3 is 19.5 Å². The third-order valence-corrected chi connectivity index (χ3v) is 6.98. The zero-order valence-corrected chi connectivity index (χ0v) is 21.5. The van der Waals surface area contributed by atoms with Gasteiger partial charge in [0.05, 0.1) is 32.3 Å². The van der Waals surface area contributed by atoms with E-state index >= 15 is 4.39 Å². The second-order valence-corrected chi connectivity index (χ2v) is 9.31. The van der Waals surface area contributed by atoms with Crippen molar-refractivity contribution in [2.45, 2.75) is 44.9 Å². The van der Waals surface area contributed by atoms with Gasteiger partial charge in [0.15, 0.2) is 17.3 Å². The molecule has 1 aliphatic heterocycles. The molecule has 2 atom stereocenters. The molecule has 36 heavy (non-hydrogen) atoms. The fourth-order valence-electron chi connectivity index (χ4n) is 5.00. The SMILES string of the molecule is CCCOC(=O)C1=C(C)NC2=C(C(=O)C[C@H](c3ccc(OC)c(OC)c3)C2)[C@H]1c1c(F)cccc1Cl. The maximum atomic E-state index is 15.2. The smallest absolute Gasteiger partial charge is 0.336 e. The highest BCUT2D eigenvalue weighted by Gasteiger charge is 2.43. The van der Waals surface area contributed by atoms with Crippen LogP contribution in [-0.4, -0.2) is 32.6 Å². The van der Waals surface area contributed by atoms with Crippen LogP contribution in [0.2, 0.25) is 5.02 Å². The van der Waals surface area contributed by atoms with Crippen LogP contribution < -0.4 is 14.8 Å². The molecule has 1 aliphatic carbocycles. The van der Waals surface area contributed by atoms with Gasteiger partial charge in [0.2, 0.25) is 0 Å². The van der Waals surface area contributed by atoms with E-state index in [-0.39, 0.29) is 40.9 Å². The largest absolute Gasteiger partial charge is 0.493 e. The number of allylic oxidation sites excluding steroid dienone is 3. The number of carbonyl (C=O) groups excluding carboxylic acids is 2. The Morgan fingerprint density at radius 1 is 1.14 bits per heavy atom. The summed E-state index contributed by atoms with van der Waals surface area (Å²) in [4.78, 5) is 26.8. The summed E-state index contributed by atoms with van der Waals surface area (Å²) in [6.45, 7) is 3.84. The lowest BCUT2D eigenvalue weighted by molar-refractivity contribution is -0.139. The van der Waals surface area contributed by atoms with Crippen molar-refractivity contribution in [3.63, 3.8) is 0 Å². The molecular weight excluding hydrogens is 485 g/mol. The molecule has 1 N–H and O–H groups in total. The van der Waals surface area contributed by atoms with Crippen molar-refractivity contribution < 1.29 is 28.2 Å². The second kappa shape index (κ2) is 10.7. The molecule has 0 radical (unpaired) electrons. The van der Waals surface area contributed by atoms with E-state index in [1.807, 2.05) is 25.1 Å². The molecule has 0 saturated heterocycles. The lowest BCUT2D eigenvalue weighted by atomic mass is 9.71. The highest BCUT2D eigenvalue weighted by atomic mass is 35.5. The number of Topliss-reactive ketones (excluding diaryl/α,β-unsaturated/α-hetero) is 1. The van der Waals surface area contributed by atoms with Crippen LogP contribution in [0, 0.1) is 5.82 Å². The lowest BCUT2D eigenvalue weighted by Crippen LogP contribution is -2.36. The number of hydrogen-bond acceptors (Lipinski definition) is 6. The first kappa shape index (κ1) is 25.8. The fraction of sp³-hybridized carbons (Fsp3) is 0.357. The van der Waals surface area contributed by atoms with E-state index in [0.717, 1.165) is 5.56 Å². The highest BCUT2D eigenvalue weighted by Crippen LogP contribution is 2.48. The summed E-state index contributed by atoms with van der Waals surface area (Å²) in [6, 6.07) is 9.94. The van der Waals surface area contributed by atoms with E-state index in [2.05, 4.69) is 5.32 Å². The predicted molar refractivity (Wildman–Crippen MR) is 135 cm³/mol. The average Bonchev–Trinajstić information content (AvgIpc) is 2.86. The average molecular weight is 514 g/mol. The molecule has 190 valence electrons. The minimum Gasteiger partial charge on any atom is -0.493 e. The first-order valence-corrected chi connectivity index (χ1v) is 12.2. The number of nitrogens with one attached hydrogen (secondary N) is 1. The zero-order valence-electron chi connectivity index (χ0n) is 20.7. The summed E-state index contributed by atoms with van der Waals surface area (Å²) in [5, 5.41) is 3.41. The van der Waals surface area contributed by atoms with Crippen LogP contribution in [-0.2, 0) is 14.3 Å². The number of hydrogen-bond donors (Lipinski definition) is 1. The van der Waals surface area contributed by atoms with Crippen molar-refractivity contribution in [2.75, 3.05) is 20.8 Å². The molecule has 0 saturated carbocycles.